The van der Waals surface area contributed by atoms with Gasteiger partial charge in [0.15, 0.2) is 5.78 Å². The van der Waals surface area contributed by atoms with Crippen molar-refractivity contribution >= 4 is 17.1 Å². The number of hydrogen-bond donors (Lipinski definition) is 0. The van der Waals surface area contributed by atoms with Gasteiger partial charge in [0.25, 0.3) is 0 Å². The van der Waals surface area contributed by atoms with Gasteiger partial charge in [0.2, 0.25) is 0 Å². The third-order valence-corrected chi connectivity index (χ3v) is 4.47. The quantitative estimate of drug-likeness (QED) is 0.628. The third-order valence-electron chi connectivity index (χ3n) is 3.43. The Kier molecular flexibility index (Phi) is 5.78. The SMILES string of the molecule is CCCC#Cc1ccc(C(=O)CN2CCN(C)CC2)s1. The second-order valence-electron chi connectivity index (χ2n) is 5.22. The van der Waals surface area contributed by atoms with Crippen LogP contribution in [0.2, 0.25) is 0 Å². The van der Waals surface area contributed by atoms with Gasteiger partial charge < -0.3 is 4.90 Å². The van der Waals surface area contributed by atoms with Crippen molar-refractivity contribution in [2.75, 3.05) is 39.8 Å². The average Bonchev–Trinajstić information content (AvgIpc) is 2.91. The lowest BCUT2D eigenvalue weighted by atomic mass is 10.2. The van der Waals surface area contributed by atoms with Crippen LogP contribution >= 0.6 is 11.3 Å². The van der Waals surface area contributed by atoms with Crippen LogP contribution in [0.15, 0.2) is 12.1 Å². The Labute approximate surface area is 125 Å². The molecule has 4 heteroatoms. The number of unbranched alkanes of at least 4 members (excludes halogenated alkanes) is 1. The van der Waals surface area contributed by atoms with Gasteiger partial charge in [-0.15, -0.1) is 11.3 Å². The fraction of sp³-hybridized carbons (Fsp3) is 0.562. The van der Waals surface area contributed by atoms with Crippen molar-refractivity contribution in [3.63, 3.8) is 0 Å². The number of nitrogens with zero attached hydrogens (tertiary/aromatic N) is 2. The number of piperazine rings is 1. The molecule has 108 valence electrons. The van der Waals surface area contributed by atoms with E-state index < -0.39 is 0 Å². The highest BCUT2D eigenvalue weighted by molar-refractivity contribution is 7.14. The lowest BCUT2D eigenvalue weighted by Gasteiger charge is -2.31. The normalized spacial score (nSPS) is 16.7. The van der Waals surface area contributed by atoms with Crippen LogP contribution in [-0.2, 0) is 0 Å². The molecule has 2 rings (SSSR count). The Hall–Kier alpha value is -1.15. The van der Waals surface area contributed by atoms with Crippen molar-refractivity contribution in [1.29, 1.82) is 0 Å². The van der Waals surface area contributed by atoms with Crippen molar-refractivity contribution < 1.29 is 4.79 Å². The summed E-state index contributed by atoms with van der Waals surface area (Å²) in [5.41, 5.74) is 0. The molecule has 1 aromatic heterocycles. The van der Waals surface area contributed by atoms with Crippen molar-refractivity contribution in [1.82, 2.24) is 9.80 Å². The van der Waals surface area contributed by atoms with Gasteiger partial charge in [-0.1, -0.05) is 18.8 Å². The smallest absolute Gasteiger partial charge is 0.186 e. The van der Waals surface area contributed by atoms with E-state index in [1.807, 2.05) is 12.1 Å². The number of ketones is 1. The van der Waals surface area contributed by atoms with Crippen LogP contribution in [0.5, 0.6) is 0 Å². The summed E-state index contributed by atoms with van der Waals surface area (Å²) in [6.07, 6.45) is 2.00. The monoisotopic (exact) mass is 290 g/mol. The van der Waals surface area contributed by atoms with E-state index in [9.17, 15) is 4.79 Å². The Bertz CT molecular complexity index is 504. The summed E-state index contributed by atoms with van der Waals surface area (Å²) >= 11 is 1.52. The van der Waals surface area contributed by atoms with Crippen LogP contribution < -0.4 is 0 Å². The van der Waals surface area contributed by atoms with E-state index in [2.05, 4.69) is 35.6 Å². The van der Waals surface area contributed by atoms with E-state index >= 15 is 0 Å². The molecule has 2 heterocycles. The van der Waals surface area contributed by atoms with Crippen LogP contribution in [0, 0.1) is 11.8 Å². The Morgan fingerprint density at radius 3 is 2.75 bits per heavy atom. The molecule has 0 aliphatic carbocycles. The standard InChI is InChI=1S/C16H22N2OS/c1-3-4-5-6-14-7-8-16(20-14)15(19)13-18-11-9-17(2)10-12-18/h7-8H,3-4,9-13H2,1-2H3. The molecule has 3 nitrogen and oxygen atoms in total. The van der Waals surface area contributed by atoms with Gasteiger partial charge in [0, 0.05) is 32.6 Å². The number of thiophene rings is 1. The summed E-state index contributed by atoms with van der Waals surface area (Å²) in [4.78, 5) is 18.6. The van der Waals surface area contributed by atoms with Gasteiger partial charge in [-0.25, -0.2) is 0 Å². The van der Waals surface area contributed by atoms with Gasteiger partial charge >= 0.3 is 0 Å². The molecule has 0 aromatic carbocycles. The highest BCUT2D eigenvalue weighted by Gasteiger charge is 2.18. The van der Waals surface area contributed by atoms with E-state index in [0.717, 1.165) is 48.8 Å². The number of rotatable bonds is 4. The van der Waals surface area contributed by atoms with Crippen LogP contribution in [0.4, 0.5) is 0 Å². The van der Waals surface area contributed by atoms with Gasteiger partial charge in [0.1, 0.15) is 0 Å². The van der Waals surface area contributed by atoms with Crippen LogP contribution in [0.1, 0.15) is 34.3 Å². The molecular weight excluding hydrogens is 268 g/mol. The summed E-state index contributed by atoms with van der Waals surface area (Å²) in [6.45, 7) is 6.72. The van der Waals surface area contributed by atoms with Crippen LogP contribution in [-0.4, -0.2) is 55.4 Å². The van der Waals surface area contributed by atoms with Gasteiger partial charge in [-0.3, -0.25) is 9.69 Å². The maximum Gasteiger partial charge on any atom is 0.186 e. The Morgan fingerprint density at radius 2 is 2.05 bits per heavy atom. The van der Waals surface area contributed by atoms with Crippen molar-refractivity contribution in [2.45, 2.75) is 19.8 Å². The fourth-order valence-electron chi connectivity index (χ4n) is 2.12. The summed E-state index contributed by atoms with van der Waals surface area (Å²) in [7, 11) is 2.12. The Morgan fingerprint density at radius 1 is 1.30 bits per heavy atom. The van der Waals surface area contributed by atoms with Crippen LogP contribution in [0.25, 0.3) is 0 Å². The summed E-state index contributed by atoms with van der Waals surface area (Å²) < 4.78 is 0. The van der Waals surface area contributed by atoms with E-state index in [0.29, 0.717) is 6.54 Å². The van der Waals surface area contributed by atoms with E-state index in [-0.39, 0.29) is 5.78 Å². The van der Waals surface area contributed by atoms with E-state index in [1.54, 1.807) is 0 Å². The zero-order valence-electron chi connectivity index (χ0n) is 12.3. The summed E-state index contributed by atoms with van der Waals surface area (Å²) in [5.74, 6) is 6.47. The lowest BCUT2D eigenvalue weighted by molar-refractivity contribution is 0.0880. The number of Topliss-reactive ketones (excluding diaryl/α,β-unsaturated/α-hetero) is 1. The van der Waals surface area contributed by atoms with Gasteiger partial charge in [-0.05, 0) is 25.6 Å². The van der Waals surface area contributed by atoms with Crippen molar-refractivity contribution in [3.8, 4) is 11.8 Å². The average molecular weight is 290 g/mol. The molecule has 1 aromatic rings. The third kappa shape index (κ3) is 4.45. The number of carbonyl (C=O) groups excluding carboxylic acids is 1. The van der Waals surface area contributed by atoms with E-state index in [4.69, 9.17) is 0 Å². The first-order valence-corrected chi connectivity index (χ1v) is 8.03. The van der Waals surface area contributed by atoms with Crippen molar-refractivity contribution in [2.24, 2.45) is 0 Å². The number of likely N-dealkylation sites (N-methyl/N-ethyl adjacent to an activating group) is 1. The van der Waals surface area contributed by atoms with Crippen molar-refractivity contribution in [3.05, 3.63) is 21.9 Å². The first-order chi connectivity index (χ1) is 9.69. The predicted octanol–water partition coefficient (Wildman–Crippen LogP) is 2.33. The molecule has 0 unspecified atom stereocenters. The first-order valence-electron chi connectivity index (χ1n) is 7.22. The molecule has 0 spiro atoms. The minimum Gasteiger partial charge on any atom is -0.304 e. The zero-order valence-corrected chi connectivity index (χ0v) is 13.1. The van der Waals surface area contributed by atoms with Gasteiger partial charge in [-0.2, -0.15) is 0 Å². The molecule has 20 heavy (non-hydrogen) atoms. The largest absolute Gasteiger partial charge is 0.304 e. The number of hydrogen-bond acceptors (Lipinski definition) is 4. The molecule has 0 N–H and O–H groups in total. The molecular formula is C16H22N2OS. The molecule has 0 amide bonds. The topological polar surface area (TPSA) is 23.6 Å². The zero-order chi connectivity index (χ0) is 14.4. The molecule has 1 aliphatic rings. The first kappa shape index (κ1) is 15.2. The maximum atomic E-state index is 12.2. The second-order valence-corrected chi connectivity index (χ2v) is 6.30. The lowest BCUT2D eigenvalue weighted by Crippen LogP contribution is -2.46. The molecule has 1 aliphatic heterocycles. The molecule has 0 atom stereocenters. The molecule has 1 saturated heterocycles. The molecule has 0 radical (unpaired) electrons. The highest BCUT2D eigenvalue weighted by atomic mass is 32.1. The maximum absolute atomic E-state index is 12.2. The molecule has 0 bridgehead atoms. The van der Waals surface area contributed by atoms with Gasteiger partial charge in [0.05, 0.1) is 16.3 Å². The van der Waals surface area contributed by atoms with Crippen LogP contribution in [0.3, 0.4) is 0 Å². The fourth-order valence-corrected chi connectivity index (χ4v) is 2.93. The molecule has 0 saturated carbocycles. The summed E-state index contributed by atoms with van der Waals surface area (Å²) in [5, 5.41) is 0. The highest BCUT2D eigenvalue weighted by Crippen LogP contribution is 2.17. The minimum atomic E-state index is 0.225. The molecule has 1 fully saturated rings. The summed E-state index contributed by atoms with van der Waals surface area (Å²) in [6, 6.07) is 3.88. The second kappa shape index (κ2) is 7.58. The Balaban J connectivity index is 1.88. The van der Waals surface area contributed by atoms with E-state index in [1.165, 1.54) is 11.3 Å². The minimum absolute atomic E-state index is 0.225. The number of carbonyl (C=O) groups is 1. The predicted molar refractivity (Wildman–Crippen MR) is 84.4 cm³/mol.